The van der Waals surface area contributed by atoms with E-state index in [-0.39, 0.29) is 0 Å². The van der Waals surface area contributed by atoms with Gasteiger partial charge in [0.25, 0.3) is 0 Å². The average Bonchev–Trinajstić information content (AvgIpc) is 2.71. The quantitative estimate of drug-likeness (QED) is 0.877. The van der Waals surface area contributed by atoms with E-state index in [1.54, 1.807) is 0 Å². The van der Waals surface area contributed by atoms with E-state index in [9.17, 15) is 0 Å². The number of nitrogens with zero attached hydrogens (tertiary/aromatic N) is 2. The van der Waals surface area contributed by atoms with Crippen molar-refractivity contribution in [1.29, 1.82) is 0 Å². The van der Waals surface area contributed by atoms with Gasteiger partial charge in [-0.25, -0.2) is 4.98 Å². The predicted octanol–water partition coefficient (Wildman–Crippen LogP) is 2.79. The normalized spacial score (nSPS) is 24.7. The largest absolute Gasteiger partial charge is 0.365 e. The van der Waals surface area contributed by atoms with E-state index in [4.69, 9.17) is 0 Å². The molecule has 2 atom stereocenters. The van der Waals surface area contributed by atoms with Gasteiger partial charge in [-0.1, -0.05) is 6.42 Å². The van der Waals surface area contributed by atoms with E-state index in [1.807, 2.05) is 31.8 Å². The van der Waals surface area contributed by atoms with Crippen LogP contribution in [0.15, 0.2) is 6.20 Å². The SMILES string of the molecule is CSC1CCCC1Nc1cnc(C)c(C)n1. The van der Waals surface area contributed by atoms with Gasteiger partial charge >= 0.3 is 0 Å². The van der Waals surface area contributed by atoms with Gasteiger partial charge in [-0.2, -0.15) is 11.8 Å². The minimum absolute atomic E-state index is 0.561. The van der Waals surface area contributed by atoms with Crippen LogP contribution in [0.4, 0.5) is 5.82 Å². The molecule has 1 aliphatic rings. The lowest BCUT2D eigenvalue weighted by Crippen LogP contribution is -2.26. The first-order valence-corrected chi connectivity index (χ1v) is 7.09. The molecule has 88 valence electrons. The molecule has 1 aromatic heterocycles. The molecule has 1 aliphatic carbocycles. The van der Waals surface area contributed by atoms with Gasteiger partial charge in [-0.15, -0.1) is 0 Å². The van der Waals surface area contributed by atoms with Crippen molar-refractivity contribution in [3.05, 3.63) is 17.6 Å². The molecule has 2 rings (SSSR count). The lowest BCUT2D eigenvalue weighted by molar-refractivity contribution is 0.760. The molecule has 1 aromatic rings. The van der Waals surface area contributed by atoms with Crippen LogP contribution in [0, 0.1) is 13.8 Å². The zero-order valence-electron chi connectivity index (χ0n) is 10.2. The Labute approximate surface area is 101 Å². The Morgan fingerprint density at radius 2 is 2.12 bits per heavy atom. The van der Waals surface area contributed by atoms with Crippen LogP contribution in [0.2, 0.25) is 0 Å². The van der Waals surface area contributed by atoms with Crippen LogP contribution in [-0.2, 0) is 0 Å². The number of rotatable bonds is 3. The van der Waals surface area contributed by atoms with Crippen LogP contribution < -0.4 is 5.32 Å². The molecule has 0 radical (unpaired) electrons. The van der Waals surface area contributed by atoms with E-state index in [1.165, 1.54) is 19.3 Å². The zero-order chi connectivity index (χ0) is 11.5. The topological polar surface area (TPSA) is 37.8 Å². The number of hydrogen-bond acceptors (Lipinski definition) is 4. The van der Waals surface area contributed by atoms with E-state index >= 15 is 0 Å². The minimum Gasteiger partial charge on any atom is -0.365 e. The van der Waals surface area contributed by atoms with Crippen molar-refractivity contribution in [2.24, 2.45) is 0 Å². The third-order valence-corrected chi connectivity index (χ3v) is 4.45. The Morgan fingerprint density at radius 1 is 1.31 bits per heavy atom. The second kappa shape index (κ2) is 5.04. The highest BCUT2D eigenvalue weighted by molar-refractivity contribution is 7.99. The highest BCUT2D eigenvalue weighted by atomic mass is 32.2. The molecule has 1 heterocycles. The summed E-state index contributed by atoms with van der Waals surface area (Å²) in [6.45, 7) is 4.00. The number of thioether (sulfide) groups is 1. The molecular weight excluding hydrogens is 218 g/mol. The molecule has 2 unspecified atom stereocenters. The van der Waals surface area contributed by atoms with Gasteiger partial charge in [0.15, 0.2) is 0 Å². The van der Waals surface area contributed by atoms with Crippen molar-refractivity contribution in [3.63, 3.8) is 0 Å². The first-order valence-electron chi connectivity index (χ1n) is 5.80. The number of aromatic nitrogens is 2. The summed E-state index contributed by atoms with van der Waals surface area (Å²) in [5.74, 6) is 0.925. The summed E-state index contributed by atoms with van der Waals surface area (Å²) in [6.07, 6.45) is 7.92. The van der Waals surface area contributed by atoms with Gasteiger partial charge in [-0.3, -0.25) is 4.98 Å². The molecule has 4 heteroatoms. The maximum absolute atomic E-state index is 4.52. The smallest absolute Gasteiger partial charge is 0.145 e. The summed E-state index contributed by atoms with van der Waals surface area (Å²) >= 11 is 1.96. The highest BCUT2D eigenvalue weighted by Gasteiger charge is 2.26. The van der Waals surface area contributed by atoms with Crippen LogP contribution >= 0.6 is 11.8 Å². The van der Waals surface area contributed by atoms with Crippen molar-refractivity contribution in [2.75, 3.05) is 11.6 Å². The maximum Gasteiger partial charge on any atom is 0.145 e. The first kappa shape index (κ1) is 11.7. The Hall–Kier alpha value is -0.770. The van der Waals surface area contributed by atoms with E-state index in [0.717, 1.165) is 22.5 Å². The lowest BCUT2D eigenvalue weighted by Gasteiger charge is -2.19. The van der Waals surface area contributed by atoms with Gasteiger partial charge in [0.2, 0.25) is 0 Å². The third kappa shape index (κ3) is 2.48. The molecule has 0 aromatic carbocycles. The second-order valence-electron chi connectivity index (χ2n) is 4.38. The van der Waals surface area contributed by atoms with E-state index in [0.29, 0.717) is 6.04 Å². The van der Waals surface area contributed by atoms with Crippen molar-refractivity contribution in [2.45, 2.75) is 44.4 Å². The Kier molecular flexibility index (Phi) is 3.69. The van der Waals surface area contributed by atoms with E-state index in [2.05, 4.69) is 21.5 Å². The summed E-state index contributed by atoms with van der Waals surface area (Å²) < 4.78 is 0. The van der Waals surface area contributed by atoms with Gasteiger partial charge in [0.1, 0.15) is 5.82 Å². The molecule has 0 bridgehead atoms. The molecule has 3 nitrogen and oxygen atoms in total. The summed E-state index contributed by atoms with van der Waals surface area (Å²) in [4.78, 5) is 8.86. The molecular formula is C12H19N3S. The van der Waals surface area contributed by atoms with Crippen LogP contribution in [0.3, 0.4) is 0 Å². The summed E-state index contributed by atoms with van der Waals surface area (Å²) in [5, 5.41) is 4.24. The Morgan fingerprint density at radius 3 is 2.81 bits per heavy atom. The number of nitrogens with one attached hydrogen (secondary N) is 1. The third-order valence-electron chi connectivity index (χ3n) is 3.28. The monoisotopic (exact) mass is 237 g/mol. The maximum atomic E-state index is 4.52. The fraction of sp³-hybridized carbons (Fsp3) is 0.667. The van der Waals surface area contributed by atoms with Crippen molar-refractivity contribution in [3.8, 4) is 0 Å². The molecule has 16 heavy (non-hydrogen) atoms. The molecule has 0 aliphatic heterocycles. The Bertz CT molecular complexity index is 367. The highest BCUT2D eigenvalue weighted by Crippen LogP contribution is 2.30. The fourth-order valence-corrected chi connectivity index (χ4v) is 3.11. The van der Waals surface area contributed by atoms with Crippen LogP contribution in [-0.4, -0.2) is 27.5 Å². The first-order chi connectivity index (χ1) is 7.70. The number of hydrogen-bond donors (Lipinski definition) is 1. The van der Waals surface area contributed by atoms with Gasteiger partial charge in [-0.05, 0) is 32.9 Å². The van der Waals surface area contributed by atoms with Crippen molar-refractivity contribution < 1.29 is 0 Å². The minimum atomic E-state index is 0.561. The summed E-state index contributed by atoms with van der Waals surface area (Å²) in [5.41, 5.74) is 2.03. The van der Waals surface area contributed by atoms with Crippen LogP contribution in [0.1, 0.15) is 30.7 Å². The Balaban J connectivity index is 2.05. The lowest BCUT2D eigenvalue weighted by atomic mass is 10.2. The van der Waals surface area contributed by atoms with Crippen LogP contribution in [0.25, 0.3) is 0 Å². The molecule has 1 fully saturated rings. The van der Waals surface area contributed by atoms with Gasteiger partial charge < -0.3 is 5.32 Å². The number of anilines is 1. The zero-order valence-corrected chi connectivity index (χ0v) is 11.0. The van der Waals surface area contributed by atoms with Crippen molar-refractivity contribution >= 4 is 17.6 Å². The fourth-order valence-electron chi connectivity index (χ4n) is 2.17. The molecule has 1 N–H and O–H groups in total. The molecule has 0 amide bonds. The summed E-state index contributed by atoms with van der Waals surface area (Å²) in [6, 6.07) is 0.561. The number of aryl methyl sites for hydroxylation is 2. The molecule has 1 saturated carbocycles. The van der Waals surface area contributed by atoms with Gasteiger partial charge in [0.05, 0.1) is 17.6 Å². The molecule has 0 saturated heterocycles. The predicted molar refractivity (Wildman–Crippen MR) is 70.1 cm³/mol. The molecule has 0 spiro atoms. The van der Waals surface area contributed by atoms with E-state index < -0.39 is 0 Å². The standard InChI is InChI=1S/C12H19N3S/c1-8-9(2)14-12(7-13-8)15-10-5-4-6-11(10)16-3/h7,10-11H,4-6H2,1-3H3,(H,14,15). The van der Waals surface area contributed by atoms with Crippen LogP contribution in [0.5, 0.6) is 0 Å². The second-order valence-corrected chi connectivity index (χ2v) is 5.46. The summed E-state index contributed by atoms with van der Waals surface area (Å²) in [7, 11) is 0. The average molecular weight is 237 g/mol. The van der Waals surface area contributed by atoms with Crippen molar-refractivity contribution in [1.82, 2.24) is 9.97 Å². The van der Waals surface area contributed by atoms with Gasteiger partial charge in [0, 0.05) is 11.3 Å².